The molecule has 0 heterocycles. The highest BCUT2D eigenvalue weighted by Gasteiger charge is 1.96. The van der Waals surface area contributed by atoms with Crippen molar-refractivity contribution in [2.45, 2.75) is 26.3 Å². The fraction of sp³-hybridized carbons (Fsp3) is 1.00. The quantitative estimate of drug-likeness (QED) is 0.585. The van der Waals surface area contributed by atoms with Crippen molar-refractivity contribution in [3.8, 4) is 0 Å². The predicted octanol–water partition coefficient (Wildman–Crippen LogP) is 0.944. The number of halogens is 1. The van der Waals surface area contributed by atoms with Gasteiger partial charge in [-0.25, -0.2) is 0 Å². The molecule has 0 aliphatic carbocycles. The van der Waals surface area contributed by atoms with Crippen molar-refractivity contribution in [1.29, 1.82) is 0 Å². The largest absolute Gasteiger partial charge is 0.412 e. The number of hydrogen-bond donors (Lipinski definition) is 0. The van der Waals surface area contributed by atoms with Gasteiger partial charge in [-0.2, -0.15) is 0 Å². The SMILES string of the molecule is CCC(C)N(C)C.Cl.O. The molecule has 0 aromatic heterocycles. The Kier molecular flexibility index (Phi) is 14.7. The molecule has 1 atom stereocenters. The van der Waals surface area contributed by atoms with Gasteiger partial charge in [-0.1, -0.05) is 6.92 Å². The highest BCUT2D eigenvalue weighted by Crippen LogP contribution is 1.93. The van der Waals surface area contributed by atoms with Crippen LogP contribution in [-0.4, -0.2) is 30.5 Å². The Morgan fingerprint density at radius 2 is 1.67 bits per heavy atom. The van der Waals surface area contributed by atoms with Crippen molar-refractivity contribution in [2.24, 2.45) is 0 Å². The van der Waals surface area contributed by atoms with Gasteiger partial charge < -0.3 is 10.4 Å². The average Bonchev–Trinajstić information content (AvgIpc) is 1.65. The molecule has 0 saturated carbocycles. The minimum Gasteiger partial charge on any atom is -0.412 e. The molecule has 0 aliphatic rings. The van der Waals surface area contributed by atoms with E-state index in [0.29, 0.717) is 0 Å². The molecule has 0 radical (unpaired) electrons. The van der Waals surface area contributed by atoms with Crippen LogP contribution in [0.5, 0.6) is 0 Å². The highest BCUT2D eigenvalue weighted by molar-refractivity contribution is 5.85. The first-order valence-corrected chi connectivity index (χ1v) is 2.85. The second-order valence-corrected chi connectivity index (χ2v) is 2.22. The van der Waals surface area contributed by atoms with Crippen LogP contribution >= 0.6 is 12.4 Å². The van der Waals surface area contributed by atoms with Crippen LogP contribution in [0.4, 0.5) is 0 Å². The van der Waals surface area contributed by atoms with Crippen molar-refractivity contribution in [3.05, 3.63) is 0 Å². The molecule has 1 unspecified atom stereocenters. The Labute approximate surface area is 64.0 Å². The number of nitrogens with zero attached hydrogens (tertiary/aromatic N) is 1. The van der Waals surface area contributed by atoms with Gasteiger partial charge in [-0.3, -0.25) is 0 Å². The maximum Gasteiger partial charge on any atom is 0.00582 e. The highest BCUT2D eigenvalue weighted by atomic mass is 35.5. The lowest BCUT2D eigenvalue weighted by Gasteiger charge is -2.16. The zero-order valence-electron chi connectivity index (χ0n) is 6.64. The van der Waals surface area contributed by atoms with Gasteiger partial charge in [0.25, 0.3) is 0 Å². The molecule has 0 aromatic rings. The molecule has 3 heteroatoms. The van der Waals surface area contributed by atoms with Crippen LogP contribution in [0.25, 0.3) is 0 Å². The van der Waals surface area contributed by atoms with E-state index in [1.54, 1.807) is 0 Å². The monoisotopic (exact) mass is 155 g/mol. The molecule has 0 aliphatic heterocycles. The summed E-state index contributed by atoms with van der Waals surface area (Å²) in [6.45, 7) is 4.42. The lowest BCUT2D eigenvalue weighted by Crippen LogP contribution is -2.23. The van der Waals surface area contributed by atoms with E-state index >= 15 is 0 Å². The fourth-order valence-corrected chi connectivity index (χ4v) is 0.365. The second-order valence-electron chi connectivity index (χ2n) is 2.22. The van der Waals surface area contributed by atoms with Crippen molar-refractivity contribution in [1.82, 2.24) is 4.90 Å². The van der Waals surface area contributed by atoms with E-state index in [1.807, 2.05) is 0 Å². The normalized spacial score (nSPS) is 11.7. The van der Waals surface area contributed by atoms with Crippen LogP contribution in [0.2, 0.25) is 0 Å². The standard InChI is InChI=1S/C6H15N.ClH.H2O/c1-5-6(2)7(3)4;;/h6H,5H2,1-4H3;1H;1H2. The van der Waals surface area contributed by atoms with Crippen LogP contribution in [0.15, 0.2) is 0 Å². The Balaban J connectivity index is -0.000000180. The molecule has 2 nitrogen and oxygen atoms in total. The smallest absolute Gasteiger partial charge is 0.00582 e. The summed E-state index contributed by atoms with van der Waals surface area (Å²) in [5.74, 6) is 0. The average molecular weight is 156 g/mol. The predicted molar refractivity (Wildman–Crippen MR) is 44.3 cm³/mol. The third kappa shape index (κ3) is 8.21. The second kappa shape index (κ2) is 8.21. The van der Waals surface area contributed by atoms with Gasteiger partial charge in [0.05, 0.1) is 0 Å². The summed E-state index contributed by atoms with van der Waals surface area (Å²) in [4.78, 5) is 2.22. The van der Waals surface area contributed by atoms with E-state index in [-0.39, 0.29) is 17.9 Å². The van der Waals surface area contributed by atoms with Crippen LogP contribution in [0, 0.1) is 0 Å². The van der Waals surface area contributed by atoms with Crippen molar-refractivity contribution in [3.63, 3.8) is 0 Å². The summed E-state index contributed by atoms with van der Waals surface area (Å²) in [5.41, 5.74) is 0. The zero-order chi connectivity index (χ0) is 5.86. The molecule has 0 amide bonds. The maximum atomic E-state index is 2.22. The molecule has 0 fully saturated rings. The molecule has 0 aromatic carbocycles. The Bertz CT molecular complexity index is 50.3. The molecule has 0 bridgehead atoms. The van der Waals surface area contributed by atoms with Gasteiger partial charge in [-0.05, 0) is 27.4 Å². The molecular weight excluding hydrogens is 138 g/mol. The van der Waals surface area contributed by atoms with E-state index in [1.165, 1.54) is 6.42 Å². The van der Waals surface area contributed by atoms with Gasteiger partial charge in [0, 0.05) is 6.04 Å². The Morgan fingerprint density at radius 3 is 1.67 bits per heavy atom. The van der Waals surface area contributed by atoms with Gasteiger partial charge in [0.2, 0.25) is 0 Å². The Morgan fingerprint density at radius 1 is 1.33 bits per heavy atom. The molecule has 2 N–H and O–H groups in total. The van der Waals surface area contributed by atoms with Gasteiger partial charge in [-0.15, -0.1) is 12.4 Å². The van der Waals surface area contributed by atoms with Crippen LogP contribution in [-0.2, 0) is 0 Å². The third-order valence-electron chi connectivity index (χ3n) is 1.47. The molecule has 0 rings (SSSR count). The topological polar surface area (TPSA) is 34.7 Å². The summed E-state index contributed by atoms with van der Waals surface area (Å²) in [6, 6.07) is 0.736. The van der Waals surface area contributed by atoms with E-state index in [0.717, 1.165) is 6.04 Å². The van der Waals surface area contributed by atoms with Gasteiger partial charge in [0.15, 0.2) is 0 Å². The summed E-state index contributed by atoms with van der Waals surface area (Å²) in [7, 11) is 4.21. The van der Waals surface area contributed by atoms with Crippen molar-refractivity contribution in [2.75, 3.05) is 14.1 Å². The number of rotatable bonds is 2. The summed E-state index contributed by atoms with van der Waals surface area (Å²) < 4.78 is 0. The van der Waals surface area contributed by atoms with Gasteiger partial charge >= 0.3 is 0 Å². The molecule has 9 heavy (non-hydrogen) atoms. The minimum atomic E-state index is 0. The van der Waals surface area contributed by atoms with E-state index in [4.69, 9.17) is 0 Å². The fourth-order valence-electron chi connectivity index (χ4n) is 0.365. The summed E-state index contributed by atoms with van der Waals surface area (Å²) >= 11 is 0. The molecular formula is C6H18ClNO. The van der Waals surface area contributed by atoms with E-state index in [9.17, 15) is 0 Å². The summed E-state index contributed by atoms with van der Waals surface area (Å²) in [6.07, 6.45) is 1.24. The van der Waals surface area contributed by atoms with Crippen molar-refractivity contribution < 1.29 is 5.48 Å². The van der Waals surface area contributed by atoms with Crippen LogP contribution in [0.1, 0.15) is 20.3 Å². The zero-order valence-corrected chi connectivity index (χ0v) is 7.46. The summed E-state index contributed by atoms with van der Waals surface area (Å²) in [5, 5.41) is 0. The first kappa shape index (κ1) is 16.1. The molecule has 0 saturated heterocycles. The van der Waals surface area contributed by atoms with Gasteiger partial charge in [0.1, 0.15) is 0 Å². The van der Waals surface area contributed by atoms with Crippen LogP contribution < -0.4 is 0 Å². The maximum absolute atomic E-state index is 2.22. The van der Waals surface area contributed by atoms with Crippen molar-refractivity contribution >= 4 is 12.4 Å². The lowest BCUT2D eigenvalue weighted by molar-refractivity contribution is 0.307. The lowest BCUT2D eigenvalue weighted by atomic mass is 10.2. The molecule has 60 valence electrons. The first-order valence-electron chi connectivity index (χ1n) is 2.85. The van der Waals surface area contributed by atoms with E-state index < -0.39 is 0 Å². The molecule has 0 spiro atoms. The van der Waals surface area contributed by atoms with Crippen LogP contribution in [0.3, 0.4) is 0 Å². The minimum absolute atomic E-state index is 0. The first-order chi connectivity index (χ1) is 3.18. The third-order valence-corrected chi connectivity index (χ3v) is 1.47. The number of hydrogen-bond acceptors (Lipinski definition) is 1. The Hall–Kier alpha value is 0.210. The van der Waals surface area contributed by atoms with E-state index in [2.05, 4.69) is 32.8 Å².